The van der Waals surface area contributed by atoms with E-state index in [1.165, 1.54) is 17.4 Å². The van der Waals surface area contributed by atoms with Crippen molar-refractivity contribution >= 4 is 43.4 Å². The van der Waals surface area contributed by atoms with Gasteiger partial charge in [0, 0.05) is 26.0 Å². The van der Waals surface area contributed by atoms with Crippen LogP contribution in [-0.2, 0) is 25.9 Å². The van der Waals surface area contributed by atoms with Gasteiger partial charge < -0.3 is 18.8 Å². The number of sulfone groups is 1. The second-order valence-corrected chi connectivity index (χ2v) is 9.85. The third-order valence-electron chi connectivity index (χ3n) is 4.62. The van der Waals surface area contributed by atoms with Crippen molar-refractivity contribution in [3.63, 3.8) is 0 Å². The zero-order chi connectivity index (χ0) is 22.0. The lowest BCUT2D eigenvalue weighted by Crippen LogP contribution is -2.18. The standard InChI is InChI=1S/C21H20N2O6S2/c1-27-10-9-23-16-6-5-15(31(2,25)26)12-19(16)30-21(23)22-20(24)8-4-14-3-7-17-18(11-14)29-13-28-17/h3-8,11-12H,9-10,13H2,1-2H3/b8-4-,22-21?. The molecular formula is C21H20N2O6S2. The number of rotatable bonds is 6. The summed E-state index contributed by atoms with van der Waals surface area (Å²) in [6.07, 6.45) is 4.20. The van der Waals surface area contributed by atoms with E-state index < -0.39 is 15.7 Å². The lowest BCUT2D eigenvalue weighted by Gasteiger charge is -2.04. The molecule has 0 bridgehead atoms. The molecule has 0 saturated heterocycles. The van der Waals surface area contributed by atoms with E-state index in [0.717, 1.165) is 22.0 Å². The Morgan fingerprint density at radius 2 is 2.03 bits per heavy atom. The second kappa shape index (κ2) is 8.66. The molecule has 10 heteroatoms. The van der Waals surface area contributed by atoms with E-state index in [2.05, 4.69) is 4.99 Å². The molecule has 4 rings (SSSR count). The topological polar surface area (TPSA) is 96.2 Å². The van der Waals surface area contributed by atoms with Gasteiger partial charge in [0.2, 0.25) is 6.79 Å². The molecule has 162 valence electrons. The van der Waals surface area contributed by atoms with E-state index in [1.54, 1.807) is 43.5 Å². The minimum atomic E-state index is -3.34. The van der Waals surface area contributed by atoms with Gasteiger partial charge in [-0.2, -0.15) is 4.99 Å². The Morgan fingerprint density at radius 1 is 1.23 bits per heavy atom. The number of carbonyl (C=O) groups excluding carboxylic acids is 1. The lowest BCUT2D eigenvalue weighted by atomic mass is 10.2. The largest absolute Gasteiger partial charge is 0.454 e. The highest BCUT2D eigenvalue weighted by molar-refractivity contribution is 7.90. The van der Waals surface area contributed by atoms with E-state index in [1.807, 2.05) is 10.6 Å². The third-order valence-corrected chi connectivity index (χ3v) is 6.77. The summed E-state index contributed by atoms with van der Waals surface area (Å²) in [7, 11) is -1.75. The molecule has 2 aromatic carbocycles. The summed E-state index contributed by atoms with van der Waals surface area (Å²) >= 11 is 1.26. The maximum Gasteiger partial charge on any atom is 0.272 e. The first-order valence-corrected chi connectivity index (χ1v) is 12.0. The SMILES string of the molecule is COCCn1c(=NC(=O)/C=C\c2ccc3c(c2)OCO3)sc2cc(S(C)(=O)=O)ccc21. The minimum absolute atomic E-state index is 0.186. The molecule has 1 aromatic heterocycles. The lowest BCUT2D eigenvalue weighted by molar-refractivity contribution is -0.113. The number of fused-ring (bicyclic) bond motifs is 2. The Bertz CT molecular complexity index is 1350. The monoisotopic (exact) mass is 460 g/mol. The highest BCUT2D eigenvalue weighted by Gasteiger charge is 2.14. The maximum absolute atomic E-state index is 12.5. The van der Waals surface area contributed by atoms with Crippen molar-refractivity contribution in [2.24, 2.45) is 4.99 Å². The molecule has 0 radical (unpaired) electrons. The van der Waals surface area contributed by atoms with Crippen molar-refractivity contribution in [1.82, 2.24) is 4.57 Å². The molecule has 0 unspecified atom stereocenters. The number of amides is 1. The van der Waals surface area contributed by atoms with E-state index in [0.29, 0.717) is 29.5 Å². The van der Waals surface area contributed by atoms with Crippen molar-refractivity contribution in [2.75, 3.05) is 26.8 Å². The van der Waals surface area contributed by atoms with Gasteiger partial charge >= 0.3 is 0 Å². The molecule has 31 heavy (non-hydrogen) atoms. The Labute approximate surface area is 182 Å². The number of thiazole rings is 1. The molecule has 2 heterocycles. The number of hydrogen-bond acceptors (Lipinski definition) is 7. The van der Waals surface area contributed by atoms with Gasteiger partial charge in [0.1, 0.15) is 0 Å². The van der Waals surface area contributed by atoms with Crippen LogP contribution in [0.1, 0.15) is 5.56 Å². The van der Waals surface area contributed by atoms with Crippen molar-refractivity contribution in [3.05, 3.63) is 52.8 Å². The van der Waals surface area contributed by atoms with Crippen LogP contribution in [0.5, 0.6) is 11.5 Å². The first kappa shape index (κ1) is 21.3. The molecule has 3 aromatic rings. The van der Waals surface area contributed by atoms with Crippen LogP contribution in [0.4, 0.5) is 0 Å². The van der Waals surface area contributed by atoms with Gasteiger partial charge in [-0.05, 0) is 42.0 Å². The van der Waals surface area contributed by atoms with Gasteiger partial charge in [0.15, 0.2) is 26.1 Å². The van der Waals surface area contributed by atoms with Crippen molar-refractivity contribution in [3.8, 4) is 11.5 Å². The number of carbonyl (C=O) groups is 1. The number of aromatic nitrogens is 1. The van der Waals surface area contributed by atoms with Crippen LogP contribution in [0.2, 0.25) is 0 Å². The summed E-state index contributed by atoms with van der Waals surface area (Å²) < 4.78 is 42.1. The summed E-state index contributed by atoms with van der Waals surface area (Å²) in [5, 5.41) is 0. The van der Waals surface area contributed by atoms with Gasteiger partial charge in [-0.15, -0.1) is 0 Å². The highest BCUT2D eigenvalue weighted by Crippen LogP contribution is 2.32. The molecular weight excluding hydrogens is 440 g/mol. The third kappa shape index (κ3) is 4.71. The Hall–Kier alpha value is -2.95. The zero-order valence-electron chi connectivity index (χ0n) is 16.9. The highest BCUT2D eigenvalue weighted by atomic mass is 32.2. The minimum Gasteiger partial charge on any atom is -0.454 e. The van der Waals surface area contributed by atoms with Crippen LogP contribution < -0.4 is 14.3 Å². The average Bonchev–Trinajstić information content (AvgIpc) is 3.33. The Morgan fingerprint density at radius 3 is 2.81 bits per heavy atom. The first-order chi connectivity index (χ1) is 14.8. The first-order valence-electron chi connectivity index (χ1n) is 9.34. The number of benzene rings is 2. The van der Waals surface area contributed by atoms with Gasteiger partial charge in [0.25, 0.3) is 5.91 Å². The van der Waals surface area contributed by atoms with Crippen molar-refractivity contribution in [1.29, 1.82) is 0 Å². The van der Waals surface area contributed by atoms with E-state index >= 15 is 0 Å². The average molecular weight is 461 g/mol. The molecule has 1 aliphatic heterocycles. The summed E-state index contributed by atoms with van der Waals surface area (Å²) in [5.74, 6) is 0.875. The number of hydrogen-bond donors (Lipinski definition) is 0. The molecule has 0 atom stereocenters. The number of nitrogens with zero attached hydrogens (tertiary/aromatic N) is 2. The van der Waals surface area contributed by atoms with Crippen molar-refractivity contribution < 1.29 is 27.4 Å². The molecule has 0 fully saturated rings. The van der Waals surface area contributed by atoms with Crippen LogP contribution in [0.25, 0.3) is 16.3 Å². The number of ether oxygens (including phenoxy) is 3. The van der Waals surface area contributed by atoms with Gasteiger partial charge in [0.05, 0.1) is 21.7 Å². The second-order valence-electron chi connectivity index (χ2n) is 6.83. The molecule has 1 aliphatic rings. The molecule has 0 spiro atoms. The van der Waals surface area contributed by atoms with E-state index in [-0.39, 0.29) is 11.7 Å². The normalized spacial score (nSPS) is 14.1. The predicted molar refractivity (Wildman–Crippen MR) is 117 cm³/mol. The predicted octanol–water partition coefficient (Wildman–Crippen LogP) is 2.62. The Kier molecular flexibility index (Phi) is 5.94. The molecule has 8 nitrogen and oxygen atoms in total. The fraction of sp³-hybridized carbons (Fsp3) is 0.238. The van der Waals surface area contributed by atoms with Gasteiger partial charge in [-0.25, -0.2) is 8.42 Å². The van der Waals surface area contributed by atoms with E-state index in [4.69, 9.17) is 14.2 Å². The van der Waals surface area contributed by atoms with E-state index in [9.17, 15) is 13.2 Å². The molecule has 0 saturated carbocycles. The van der Waals surface area contributed by atoms with Crippen LogP contribution in [-0.4, -0.2) is 45.7 Å². The van der Waals surface area contributed by atoms with Crippen LogP contribution in [0.15, 0.2) is 52.4 Å². The van der Waals surface area contributed by atoms with Crippen LogP contribution in [0, 0.1) is 0 Å². The summed E-state index contributed by atoms with van der Waals surface area (Å²) in [6, 6.07) is 10.3. The maximum atomic E-state index is 12.5. The fourth-order valence-corrected chi connectivity index (χ4v) is 4.91. The smallest absolute Gasteiger partial charge is 0.272 e. The van der Waals surface area contributed by atoms with Crippen LogP contribution in [0.3, 0.4) is 0 Å². The molecule has 1 amide bonds. The molecule has 0 aliphatic carbocycles. The Balaban J connectivity index is 1.68. The van der Waals surface area contributed by atoms with Gasteiger partial charge in [-0.3, -0.25) is 4.79 Å². The van der Waals surface area contributed by atoms with Gasteiger partial charge in [-0.1, -0.05) is 17.4 Å². The summed E-state index contributed by atoms with van der Waals surface area (Å²) in [6.45, 7) is 1.09. The van der Waals surface area contributed by atoms with Crippen molar-refractivity contribution in [2.45, 2.75) is 11.4 Å². The summed E-state index contributed by atoms with van der Waals surface area (Å²) in [5.41, 5.74) is 1.58. The summed E-state index contributed by atoms with van der Waals surface area (Å²) in [4.78, 5) is 17.4. The fourth-order valence-electron chi connectivity index (χ4n) is 3.08. The molecule has 0 N–H and O–H groups in total. The zero-order valence-corrected chi connectivity index (χ0v) is 18.5. The quantitative estimate of drug-likeness (QED) is 0.525. The number of methoxy groups -OCH3 is 1. The van der Waals surface area contributed by atoms with Crippen LogP contribution >= 0.6 is 11.3 Å².